The maximum atomic E-state index is 12.7. The molecule has 1 amide bonds. The monoisotopic (exact) mass is 318 g/mol. The number of hydrogen-bond acceptors (Lipinski definition) is 3. The molecule has 0 unspecified atom stereocenters. The maximum absolute atomic E-state index is 12.7. The first-order valence-electron chi connectivity index (χ1n) is 6.76. The molecule has 0 heterocycles. The van der Waals surface area contributed by atoms with Gasteiger partial charge in [0.1, 0.15) is 0 Å². The fourth-order valence-corrected chi connectivity index (χ4v) is 2.37. The summed E-state index contributed by atoms with van der Waals surface area (Å²) in [5.41, 5.74) is 1.72. The van der Waals surface area contributed by atoms with Gasteiger partial charge in [-0.05, 0) is 37.6 Å². The summed E-state index contributed by atoms with van der Waals surface area (Å²) in [5, 5.41) is 11.1. The van der Waals surface area contributed by atoms with E-state index in [1.54, 1.807) is 0 Å². The highest BCUT2D eigenvalue weighted by atomic mass is 35.5. The lowest BCUT2D eigenvalue weighted by Gasteiger charge is -2.22. The fraction of sp³-hybridized carbons (Fsp3) is 0.188. The molecule has 2 rings (SSSR count). The lowest BCUT2D eigenvalue weighted by molar-refractivity contribution is -0.384. The first-order chi connectivity index (χ1) is 10.4. The molecule has 0 fully saturated rings. The Bertz CT molecular complexity index is 731. The van der Waals surface area contributed by atoms with Crippen LogP contribution in [0.25, 0.3) is 0 Å². The average Bonchev–Trinajstić information content (AvgIpc) is 2.48. The molecule has 2 aromatic rings. The van der Waals surface area contributed by atoms with Crippen molar-refractivity contribution in [3.05, 3.63) is 68.7 Å². The number of carbonyl (C=O) groups excluding carboxylic acids is 1. The number of halogens is 1. The lowest BCUT2D eigenvalue weighted by Crippen LogP contribution is -2.30. The Morgan fingerprint density at radius 2 is 2.00 bits per heavy atom. The van der Waals surface area contributed by atoms with Crippen molar-refractivity contribution in [3.63, 3.8) is 0 Å². The summed E-state index contributed by atoms with van der Waals surface area (Å²) >= 11 is 6.05. The Kier molecular flexibility index (Phi) is 4.78. The Hall–Kier alpha value is -2.40. The molecule has 0 aliphatic rings. The second kappa shape index (κ2) is 6.58. The number of nitrogens with zero attached hydrogens (tertiary/aromatic N) is 2. The van der Waals surface area contributed by atoms with Crippen LogP contribution < -0.4 is 4.90 Å². The summed E-state index contributed by atoms with van der Waals surface area (Å²) in [6, 6.07) is 11.4. The zero-order valence-corrected chi connectivity index (χ0v) is 13.0. The van der Waals surface area contributed by atoms with E-state index in [0.29, 0.717) is 6.54 Å². The number of benzene rings is 2. The number of non-ortho nitro benzene ring substituents is 1. The Labute approximate surface area is 133 Å². The molecule has 22 heavy (non-hydrogen) atoms. The zero-order valence-electron chi connectivity index (χ0n) is 12.2. The number of nitro groups is 1. The topological polar surface area (TPSA) is 63.5 Å². The standard InChI is InChI=1S/C16H15ClN2O3/c1-3-18(12-6-4-5-11(2)9-12)16(20)14-10-13(19(21)22)7-8-15(14)17/h4-10H,3H2,1-2H3. The largest absolute Gasteiger partial charge is 0.309 e. The van der Waals surface area contributed by atoms with Gasteiger partial charge in [0, 0.05) is 24.4 Å². The van der Waals surface area contributed by atoms with E-state index in [0.717, 1.165) is 11.3 Å². The SMILES string of the molecule is CCN(C(=O)c1cc([N+](=O)[O-])ccc1Cl)c1cccc(C)c1. The van der Waals surface area contributed by atoms with Crippen LogP contribution >= 0.6 is 11.6 Å². The molecule has 0 spiro atoms. The summed E-state index contributed by atoms with van der Waals surface area (Å²) in [6.45, 7) is 4.20. The van der Waals surface area contributed by atoms with Crippen LogP contribution in [0.1, 0.15) is 22.8 Å². The Morgan fingerprint density at radius 1 is 1.27 bits per heavy atom. The summed E-state index contributed by atoms with van der Waals surface area (Å²) < 4.78 is 0. The average molecular weight is 319 g/mol. The normalized spacial score (nSPS) is 10.3. The van der Waals surface area contributed by atoms with Gasteiger partial charge >= 0.3 is 0 Å². The number of carbonyl (C=O) groups is 1. The van der Waals surface area contributed by atoms with Gasteiger partial charge in [-0.1, -0.05) is 23.7 Å². The van der Waals surface area contributed by atoms with Gasteiger partial charge in [0.2, 0.25) is 0 Å². The van der Waals surface area contributed by atoms with Crippen LogP contribution in [-0.2, 0) is 0 Å². The van der Waals surface area contributed by atoms with Gasteiger partial charge in [-0.3, -0.25) is 14.9 Å². The highest BCUT2D eigenvalue weighted by Crippen LogP contribution is 2.26. The predicted molar refractivity (Wildman–Crippen MR) is 86.6 cm³/mol. The summed E-state index contributed by atoms with van der Waals surface area (Å²) in [7, 11) is 0. The first-order valence-corrected chi connectivity index (χ1v) is 7.14. The molecule has 0 aromatic heterocycles. The highest BCUT2D eigenvalue weighted by molar-refractivity contribution is 6.34. The molecular formula is C16H15ClN2O3. The number of aryl methyl sites for hydroxylation is 1. The van der Waals surface area contributed by atoms with Gasteiger partial charge < -0.3 is 4.90 Å². The van der Waals surface area contributed by atoms with Crippen LogP contribution in [0, 0.1) is 17.0 Å². The molecule has 0 radical (unpaired) electrons. The van der Waals surface area contributed by atoms with Crippen molar-refractivity contribution in [2.75, 3.05) is 11.4 Å². The van der Waals surface area contributed by atoms with Gasteiger partial charge in [0.05, 0.1) is 15.5 Å². The van der Waals surface area contributed by atoms with Crippen molar-refractivity contribution in [2.24, 2.45) is 0 Å². The van der Waals surface area contributed by atoms with E-state index in [9.17, 15) is 14.9 Å². The van der Waals surface area contributed by atoms with Crippen molar-refractivity contribution in [1.82, 2.24) is 0 Å². The molecular weight excluding hydrogens is 304 g/mol. The number of nitro benzene ring substituents is 1. The molecule has 0 saturated heterocycles. The minimum atomic E-state index is -0.546. The van der Waals surface area contributed by atoms with E-state index in [1.807, 2.05) is 38.1 Å². The van der Waals surface area contributed by atoms with E-state index in [1.165, 1.54) is 23.1 Å². The van der Waals surface area contributed by atoms with E-state index < -0.39 is 4.92 Å². The molecule has 2 aromatic carbocycles. The third kappa shape index (κ3) is 3.26. The number of anilines is 1. The van der Waals surface area contributed by atoms with E-state index in [4.69, 9.17) is 11.6 Å². The molecule has 0 aliphatic heterocycles. The van der Waals surface area contributed by atoms with Gasteiger partial charge in [0.25, 0.3) is 11.6 Å². The van der Waals surface area contributed by atoms with Crippen molar-refractivity contribution in [3.8, 4) is 0 Å². The predicted octanol–water partition coefficient (Wildman–Crippen LogP) is 4.22. The van der Waals surface area contributed by atoms with Crippen LogP contribution in [0.3, 0.4) is 0 Å². The molecule has 0 aliphatic carbocycles. The van der Waals surface area contributed by atoms with Gasteiger partial charge in [-0.15, -0.1) is 0 Å². The first kappa shape index (κ1) is 16.0. The molecule has 5 nitrogen and oxygen atoms in total. The quantitative estimate of drug-likeness (QED) is 0.626. The fourth-order valence-electron chi connectivity index (χ4n) is 2.18. The molecule has 114 valence electrons. The number of hydrogen-bond donors (Lipinski definition) is 0. The molecule has 0 bridgehead atoms. The second-order valence-electron chi connectivity index (χ2n) is 4.81. The molecule has 6 heteroatoms. The van der Waals surface area contributed by atoms with Gasteiger partial charge in [-0.2, -0.15) is 0 Å². The molecule has 0 saturated carbocycles. The van der Waals surface area contributed by atoms with Crippen LogP contribution in [-0.4, -0.2) is 17.4 Å². The lowest BCUT2D eigenvalue weighted by atomic mass is 10.1. The highest BCUT2D eigenvalue weighted by Gasteiger charge is 2.21. The van der Waals surface area contributed by atoms with Crippen LogP contribution in [0.5, 0.6) is 0 Å². The van der Waals surface area contributed by atoms with Crippen LogP contribution in [0.15, 0.2) is 42.5 Å². The van der Waals surface area contributed by atoms with Crippen LogP contribution in [0.4, 0.5) is 11.4 Å². The number of rotatable bonds is 4. The van der Waals surface area contributed by atoms with E-state index >= 15 is 0 Å². The zero-order chi connectivity index (χ0) is 16.3. The smallest absolute Gasteiger partial charge is 0.270 e. The Morgan fingerprint density at radius 3 is 2.59 bits per heavy atom. The van der Waals surface area contributed by atoms with Gasteiger partial charge in [0.15, 0.2) is 0 Å². The number of amides is 1. The van der Waals surface area contributed by atoms with Gasteiger partial charge in [-0.25, -0.2) is 0 Å². The molecule has 0 N–H and O–H groups in total. The minimum Gasteiger partial charge on any atom is -0.309 e. The van der Waals surface area contributed by atoms with E-state index in [-0.39, 0.29) is 22.2 Å². The third-order valence-electron chi connectivity index (χ3n) is 3.27. The second-order valence-corrected chi connectivity index (χ2v) is 5.22. The third-order valence-corrected chi connectivity index (χ3v) is 3.60. The van der Waals surface area contributed by atoms with Crippen molar-refractivity contribution in [2.45, 2.75) is 13.8 Å². The minimum absolute atomic E-state index is 0.124. The summed E-state index contributed by atoms with van der Waals surface area (Å²) in [6.07, 6.45) is 0. The maximum Gasteiger partial charge on any atom is 0.270 e. The van der Waals surface area contributed by atoms with Crippen molar-refractivity contribution < 1.29 is 9.72 Å². The molecule has 0 atom stereocenters. The summed E-state index contributed by atoms with van der Waals surface area (Å²) in [4.78, 5) is 24.6. The van der Waals surface area contributed by atoms with Crippen molar-refractivity contribution in [1.29, 1.82) is 0 Å². The van der Waals surface area contributed by atoms with Crippen molar-refractivity contribution >= 4 is 28.9 Å². The summed E-state index contributed by atoms with van der Waals surface area (Å²) in [5.74, 6) is -0.359. The Balaban J connectivity index is 2.45. The van der Waals surface area contributed by atoms with Crippen LogP contribution in [0.2, 0.25) is 5.02 Å². The van der Waals surface area contributed by atoms with E-state index in [2.05, 4.69) is 0 Å².